The molecule has 2 aliphatic rings. The van der Waals surface area contributed by atoms with Crippen LogP contribution in [0.3, 0.4) is 0 Å². The molecule has 0 bridgehead atoms. The van der Waals surface area contributed by atoms with Gasteiger partial charge in [-0.25, -0.2) is 13.4 Å². The van der Waals surface area contributed by atoms with Crippen molar-refractivity contribution in [1.29, 1.82) is 0 Å². The van der Waals surface area contributed by atoms with Gasteiger partial charge in [-0.3, -0.25) is 0 Å². The summed E-state index contributed by atoms with van der Waals surface area (Å²) in [5, 5.41) is 3.23. The lowest BCUT2D eigenvalue weighted by Crippen LogP contribution is -2.46. The van der Waals surface area contributed by atoms with Crippen molar-refractivity contribution in [3.05, 3.63) is 23.9 Å². The van der Waals surface area contributed by atoms with Crippen LogP contribution in [0.5, 0.6) is 0 Å². The minimum Gasteiger partial charge on any atom is -0.378 e. The molecule has 0 amide bonds. The van der Waals surface area contributed by atoms with E-state index in [1.807, 2.05) is 12.3 Å². The molecule has 2 unspecified atom stereocenters. The number of rotatable bonds is 5. The molecule has 3 rings (SSSR count). The molecule has 1 saturated heterocycles. The number of anilines is 1. The first-order valence-corrected chi connectivity index (χ1v) is 10.7. The Hall–Kier alpha value is -1.18. The number of sulfone groups is 1. The van der Waals surface area contributed by atoms with E-state index >= 15 is 0 Å². The van der Waals surface area contributed by atoms with Crippen LogP contribution in [0.25, 0.3) is 0 Å². The van der Waals surface area contributed by atoms with Crippen molar-refractivity contribution < 1.29 is 13.2 Å². The summed E-state index contributed by atoms with van der Waals surface area (Å²) >= 11 is 0. The maximum absolute atomic E-state index is 12.0. The molecule has 7 heteroatoms. The van der Waals surface area contributed by atoms with Gasteiger partial charge in [-0.2, -0.15) is 0 Å². The zero-order valence-electron chi connectivity index (χ0n) is 14.3. The molecule has 0 aromatic carbocycles. The number of pyridine rings is 1. The lowest BCUT2D eigenvalue weighted by Gasteiger charge is -2.32. The molecule has 2 heterocycles. The quantitative estimate of drug-likeness (QED) is 0.862. The van der Waals surface area contributed by atoms with Gasteiger partial charge in [0.2, 0.25) is 0 Å². The Labute approximate surface area is 144 Å². The summed E-state index contributed by atoms with van der Waals surface area (Å²) in [4.78, 5) is 6.79. The number of morpholine rings is 1. The minimum absolute atomic E-state index is 0.0338. The first-order chi connectivity index (χ1) is 11.6. The van der Waals surface area contributed by atoms with E-state index in [1.165, 1.54) is 6.26 Å². The molecule has 0 spiro atoms. The number of hydrogen-bond donors (Lipinski definition) is 1. The fourth-order valence-electron chi connectivity index (χ4n) is 3.71. The Morgan fingerprint density at radius 2 is 2.04 bits per heavy atom. The van der Waals surface area contributed by atoms with Crippen LogP contribution in [0.1, 0.15) is 31.2 Å². The summed E-state index contributed by atoms with van der Waals surface area (Å²) in [5.74, 6) is 0.986. The monoisotopic (exact) mass is 353 g/mol. The SMILES string of the molecule is CS(=O)(=O)C1CCCCC1NCc1cccnc1N1CCOCC1. The molecule has 2 fully saturated rings. The Morgan fingerprint density at radius 1 is 1.29 bits per heavy atom. The summed E-state index contributed by atoms with van der Waals surface area (Å²) in [6, 6.07) is 4.05. The maximum atomic E-state index is 12.0. The predicted octanol–water partition coefficient (Wildman–Crippen LogP) is 1.36. The van der Waals surface area contributed by atoms with E-state index in [-0.39, 0.29) is 11.3 Å². The van der Waals surface area contributed by atoms with E-state index < -0.39 is 9.84 Å². The molecule has 1 saturated carbocycles. The highest BCUT2D eigenvalue weighted by Gasteiger charge is 2.32. The molecule has 1 aliphatic carbocycles. The highest BCUT2D eigenvalue weighted by Crippen LogP contribution is 2.25. The van der Waals surface area contributed by atoms with E-state index in [4.69, 9.17) is 4.74 Å². The number of nitrogens with zero attached hydrogens (tertiary/aromatic N) is 2. The second-order valence-corrected chi connectivity index (χ2v) is 8.99. The molecule has 6 nitrogen and oxygen atoms in total. The van der Waals surface area contributed by atoms with E-state index in [0.29, 0.717) is 6.54 Å². The zero-order chi connectivity index (χ0) is 17.0. The van der Waals surface area contributed by atoms with Crippen molar-refractivity contribution in [2.75, 3.05) is 37.5 Å². The minimum atomic E-state index is -3.02. The fraction of sp³-hybridized carbons (Fsp3) is 0.706. The van der Waals surface area contributed by atoms with Crippen LogP contribution in [-0.4, -0.2) is 57.3 Å². The van der Waals surface area contributed by atoms with Crippen molar-refractivity contribution in [1.82, 2.24) is 10.3 Å². The highest BCUT2D eigenvalue weighted by molar-refractivity contribution is 7.91. The molecule has 1 N–H and O–H groups in total. The van der Waals surface area contributed by atoms with Gasteiger partial charge >= 0.3 is 0 Å². The largest absolute Gasteiger partial charge is 0.378 e. The van der Waals surface area contributed by atoms with E-state index in [2.05, 4.69) is 21.3 Å². The summed E-state index contributed by atoms with van der Waals surface area (Å²) in [5.41, 5.74) is 1.12. The maximum Gasteiger partial charge on any atom is 0.151 e. The molecule has 0 radical (unpaired) electrons. The number of aromatic nitrogens is 1. The van der Waals surface area contributed by atoms with Crippen LogP contribution >= 0.6 is 0 Å². The summed E-state index contributed by atoms with van der Waals surface area (Å²) in [7, 11) is -3.02. The third kappa shape index (κ3) is 4.26. The molecule has 2 atom stereocenters. The second-order valence-electron chi connectivity index (χ2n) is 6.73. The van der Waals surface area contributed by atoms with Crippen LogP contribution in [0.2, 0.25) is 0 Å². The van der Waals surface area contributed by atoms with Gasteiger partial charge in [-0.15, -0.1) is 0 Å². The summed E-state index contributed by atoms with van der Waals surface area (Å²) in [6.07, 6.45) is 6.95. The lowest BCUT2D eigenvalue weighted by atomic mass is 9.94. The van der Waals surface area contributed by atoms with Gasteiger partial charge < -0.3 is 15.0 Å². The molecule has 134 valence electrons. The van der Waals surface area contributed by atoms with E-state index in [0.717, 1.165) is 63.4 Å². The van der Waals surface area contributed by atoms with Crippen molar-refractivity contribution in [3.63, 3.8) is 0 Å². The third-order valence-corrected chi connectivity index (χ3v) is 6.65. The van der Waals surface area contributed by atoms with Gasteiger partial charge in [0, 0.05) is 43.7 Å². The average molecular weight is 353 g/mol. The summed E-state index contributed by atoms with van der Waals surface area (Å²) in [6.45, 7) is 3.79. The number of nitrogens with one attached hydrogen (secondary N) is 1. The summed E-state index contributed by atoms with van der Waals surface area (Å²) < 4.78 is 29.5. The van der Waals surface area contributed by atoms with Gasteiger partial charge in [-0.05, 0) is 18.9 Å². The zero-order valence-corrected chi connectivity index (χ0v) is 15.1. The third-order valence-electron chi connectivity index (χ3n) is 4.99. The first kappa shape index (κ1) is 17.6. The van der Waals surface area contributed by atoms with Gasteiger partial charge in [0.05, 0.1) is 18.5 Å². The first-order valence-electron chi connectivity index (χ1n) is 8.74. The number of ether oxygens (including phenoxy) is 1. The van der Waals surface area contributed by atoms with Crippen LogP contribution in [0, 0.1) is 0 Å². The van der Waals surface area contributed by atoms with E-state index in [1.54, 1.807) is 0 Å². The standard InChI is InChI=1S/C17H27N3O3S/c1-24(21,22)16-7-3-2-6-15(16)19-13-14-5-4-8-18-17(14)20-9-11-23-12-10-20/h4-5,8,15-16,19H,2-3,6-7,9-13H2,1H3. The van der Waals surface area contributed by atoms with Gasteiger partial charge in [0.1, 0.15) is 5.82 Å². The number of hydrogen-bond acceptors (Lipinski definition) is 6. The molecular formula is C17H27N3O3S. The van der Waals surface area contributed by atoms with Crippen molar-refractivity contribution >= 4 is 15.7 Å². The molecular weight excluding hydrogens is 326 g/mol. The second kappa shape index (κ2) is 7.80. The van der Waals surface area contributed by atoms with Crippen molar-refractivity contribution in [3.8, 4) is 0 Å². The smallest absolute Gasteiger partial charge is 0.151 e. The van der Waals surface area contributed by atoms with Crippen molar-refractivity contribution in [2.24, 2.45) is 0 Å². The van der Waals surface area contributed by atoms with Crippen LogP contribution in [-0.2, 0) is 21.1 Å². The molecule has 1 aromatic heterocycles. The van der Waals surface area contributed by atoms with Gasteiger partial charge in [0.25, 0.3) is 0 Å². The van der Waals surface area contributed by atoms with E-state index in [9.17, 15) is 8.42 Å². The Kier molecular flexibility index (Phi) is 5.73. The molecule has 24 heavy (non-hydrogen) atoms. The Balaban J connectivity index is 1.69. The highest BCUT2D eigenvalue weighted by atomic mass is 32.2. The van der Waals surface area contributed by atoms with Crippen LogP contribution in [0.15, 0.2) is 18.3 Å². The van der Waals surface area contributed by atoms with Crippen LogP contribution < -0.4 is 10.2 Å². The molecule has 1 aliphatic heterocycles. The Bertz CT molecular complexity index is 644. The topological polar surface area (TPSA) is 71.5 Å². The Morgan fingerprint density at radius 3 is 2.79 bits per heavy atom. The average Bonchev–Trinajstić information content (AvgIpc) is 2.60. The van der Waals surface area contributed by atoms with Gasteiger partial charge in [0.15, 0.2) is 9.84 Å². The lowest BCUT2D eigenvalue weighted by molar-refractivity contribution is 0.122. The van der Waals surface area contributed by atoms with Gasteiger partial charge in [-0.1, -0.05) is 18.9 Å². The predicted molar refractivity (Wildman–Crippen MR) is 95.0 cm³/mol. The molecule has 1 aromatic rings. The van der Waals surface area contributed by atoms with Crippen molar-refractivity contribution in [2.45, 2.75) is 43.5 Å². The van der Waals surface area contributed by atoms with Crippen LogP contribution in [0.4, 0.5) is 5.82 Å². The fourth-order valence-corrected chi connectivity index (χ4v) is 5.14. The normalized spacial score (nSPS) is 25.6.